The van der Waals surface area contributed by atoms with Gasteiger partial charge < -0.3 is 4.74 Å². The molecule has 0 heterocycles. The van der Waals surface area contributed by atoms with Crippen molar-refractivity contribution in [3.8, 4) is 5.75 Å². The summed E-state index contributed by atoms with van der Waals surface area (Å²) < 4.78 is 5.87. The normalized spacial score (nSPS) is 25.0. The monoisotopic (exact) mass is 400 g/mol. The van der Waals surface area contributed by atoms with Crippen molar-refractivity contribution in [1.82, 2.24) is 0 Å². The average Bonchev–Trinajstić information content (AvgIpc) is 3.13. The second kappa shape index (κ2) is 8.06. The lowest BCUT2D eigenvalue weighted by Crippen LogP contribution is -2.38. The Labute approximate surface area is 180 Å². The molecule has 2 heteroatoms. The average molecular weight is 401 g/mol. The smallest absolute Gasteiger partial charge is 0.139 e. The van der Waals surface area contributed by atoms with E-state index >= 15 is 0 Å². The number of benzene rings is 2. The fraction of sp³-hybridized carbons (Fsp3) is 0.464. The van der Waals surface area contributed by atoms with Gasteiger partial charge in [0.25, 0.3) is 0 Å². The molecule has 30 heavy (non-hydrogen) atoms. The standard InChI is InChI=1S/C28H32O2/c1-2-18-30-22-9-11-23-21(19-22)8-10-25-24(23)15-17-28(26(25)12-13-27(28)29)16-14-20-6-4-3-5-7-20/h3-7,9,11,19,26H,2,8,10,12-18H2,1H3/t26-,28-/m0/s1. The number of carbonyl (C=O) groups excluding carboxylic acids is 1. The van der Waals surface area contributed by atoms with Crippen LogP contribution >= 0.6 is 0 Å². The van der Waals surface area contributed by atoms with Crippen LogP contribution in [0.5, 0.6) is 5.75 Å². The van der Waals surface area contributed by atoms with E-state index in [9.17, 15) is 4.79 Å². The van der Waals surface area contributed by atoms with E-state index in [1.54, 1.807) is 11.1 Å². The van der Waals surface area contributed by atoms with Gasteiger partial charge in [-0.3, -0.25) is 4.79 Å². The number of hydrogen-bond acceptors (Lipinski definition) is 2. The molecule has 1 fully saturated rings. The van der Waals surface area contributed by atoms with Crippen molar-refractivity contribution in [2.45, 2.75) is 64.7 Å². The first kappa shape index (κ1) is 19.6. The molecule has 2 aromatic carbocycles. The predicted molar refractivity (Wildman–Crippen MR) is 122 cm³/mol. The van der Waals surface area contributed by atoms with Crippen molar-refractivity contribution in [3.63, 3.8) is 0 Å². The summed E-state index contributed by atoms with van der Waals surface area (Å²) in [5.74, 6) is 1.99. The number of ketones is 1. The van der Waals surface area contributed by atoms with Crippen LogP contribution in [0.2, 0.25) is 0 Å². The molecule has 0 saturated heterocycles. The summed E-state index contributed by atoms with van der Waals surface area (Å²) in [6.07, 6.45) is 9.15. The summed E-state index contributed by atoms with van der Waals surface area (Å²) >= 11 is 0. The molecule has 5 rings (SSSR count). The van der Waals surface area contributed by atoms with Gasteiger partial charge in [0.2, 0.25) is 0 Å². The Morgan fingerprint density at radius 3 is 2.73 bits per heavy atom. The van der Waals surface area contributed by atoms with Crippen LogP contribution in [0.3, 0.4) is 0 Å². The van der Waals surface area contributed by atoms with Crippen LogP contribution in [0.15, 0.2) is 54.1 Å². The highest BCUT2D eigenvalue weighted by atomic mass is 16.5. The van der Waals surface area contributed by atoms with E-state index in [-0.39, 0.29) is 5.41 Å². The highest BCUT2D eigenvalue weighted by Gasteiger charge is 2.53. The van der Waals surface area contributed by atoms with Crippen LogP contribution in [-0.2, 0) is 17.6 Å². The van der Waals surface area contributed by atoms with E-state index in [4.69, 9.17) is 4.74 Å². The van der Waals surface area contributed by atoms with Gasteiger partial charge in [0.1, 0.15) is 11.5 Å². The maximum Gasteiger partial charge on any atom is 0.139 e. The maximum atomic E-state index is 13.2. The molecule has 0 aliphatic heterocycles. The molecule has 0 unspecified atom stereocenters. The Hall–Kier alpha value is -2.35. The topological polar surface area (TPSA) is 26.3 Å². The van der Waals surface area contributed by atoms with Crippen molar-refractivity contribution < 1.29 is 9.53 Å². The van der Waals surface area contributed by atoms with Crippen LogP contribution in [0.1, 0.15) is 68.6 Å². The molecule has 156 valence electrons. The lowest BCUT2D eigenvalue weighted by atomic mass is 9.60. The quantitative estimate of drug-likeness (QED) is 0.548. The molecule has 3 aliphatic carbocycles. The number of rotatable bonds is 6. The van der Waals surface area contributed by atoms with E-state index in [1.165, 1.54) is 16.7 Å². The Kier molecular flexibility index (Phi) is 5.26. The zero-order chi connectivity index (χ0) is 20.6. The Morgan fingerprint density at radius 2 is 1.90 bits per heavy atom. The number of allylic oxidation sites excluding steroid dienone is 2. The summed E-state index contributed by atoms with van der Waals surface area (Å²) in [4.78, 5) is 13.2. The molecule has 0 N–H and O–H groups in total. The van der Waals surface area contributed by atoms with Crippen LogP contribution in [0, 0.1) is 11.3 Å². The number of aryl methyl sites for hydroxylation is 2. The lowest BCUT2D eigenvalue weighted by molar-refractivity contribution is -0.127. The summed E-state index contributed by atoms with van der Waals surface area (Å²) in [6, 6.07) is 17.4. The third kappa shape index (κ3) is 3.31. The molecule has 2 atom stereocenters. The molecule has 2 aromatic rings. The van der Waals surface area contributed by atoms with Crippen molar-refractivity contribution >= 4 is 11.4 Å². The van der Waals surface area contributed by atoms with Gasteiger partial charge in [-0.05, 0) is 91.7 Å². The third-order valence-electron chi connectivity index (χ3n) is 7.75. The molecular weight excluding hydrogens is 368 g/mol. The van der Waals surface area contributed by atoms with Gasteiger partial charge in [0, 0.05) is 11.8 Å². The van der Waals surface area contributed by atoms with Crippen molar-refractivity contribution in [3.05, 3.63) is 70.8 Å². The number of fused-ring (bicyclic) bond motifs is 4. The first-order valence-electron chi connectivity index (χ1n) is 11.8. The predicted octanol–water partition coefficient (Wildman–Crippen LogP) is 6.57. The summed E-state index contributed by atoms with van der Waals surface area (Å²) in [5, 5.41) is 0. The highest BCUT2D eigenvalue weighted by Crippen LogP contribution is 2.58. The first-order chi connectivity index (χ1) is 14.7. The summed E-state index contributed by atoms with van der Waals surface area (Å²) in [5.41, 5.74) is 7.26. The minimum Gasteiger partial charge on any atom is -0.494 e. The van der Waals surface area contributed by atoms with Crippen LogP contribution < -0.4 is 4.74 Å². The molecule has 0 spiro atoms. The van der Waals surface area contributed by atoms with Crippen molar-refractivity contribution in [1.29, 1.82) is 0 Å². The van der Waals surface area contributed by atoms with E-state index in [1.807, 2.05) is 0 Å². The molecule has 0 bridgehead atoms. The molecule has 1 saturated carbocycles. The number of carbonyl (C=O) groups is 1. The Morgan fingerprint density at radius 1 is 1.03 bits per heavy atom. The minimum atomic E-state index is -0.115. The largest absolute Gasteiger partial charge is 0.494 e. The Bertz CT molecular complexity index is 971. The molecule has 2 nitrogen and oxygen atoms in total. The number of ether oxygens (including phenoxy) is 1. The first-order valence-corrected chi connectivity index (χ1v) is 11.8. The zero-order valence-corrected chi connectivity index (χ0v) is 18.1. The fourth-order valence-corrected chi connectivity index (χ4v) is 6.27. The van der Waals surface area contributed by atoms with Gasteiger partial charge in [-0.1, -0.05) is 48.9 Å². The van der Waals surface area contributed by atoms with Gasteiger partial charge in [0.15, 0.2) is 0 Å². The van der Waals surface area contributed by atoms with Gasteiger partial charge >= 0.3 is 0 Å². The van der Waals surface area contributed by atoms with Crippen LogP contribution in [0.4, 0.5) is 0 Å². The maximum absolute atomic E-state index is 13.2. The van der Waals surface area contributed by atoms with Gasteiger partial charge in [-0.15, -0.1) is 0 Å². The van der Waals surface area contributed by atoms with E-state index in [2.05, 4.69) is 55.5 Å². The van der Waals surface area contributed by atoms with Gasteiger partial charge in [0.05, 0.1) is 6.61 Å². The Balaban J connectivity index is 1.43. The van der Waals surface area contributed by atoms with E-state index in [0.717, 1.165) is 70.1 Å². The molecule has 0 aromatic heterocycles. The SMILES string of the molecule is CCCOc1ccc2c(c1)CCC1=C2CC[C@]2(CCc3ccccc3)C(=O)CC[C@@H]12. The minimum absolute atomic E-state index is 0.115. The van der Waals surface area contributed by atoms with Crippen molar-refractivity contribution in [2.24, 2.45) is 11.3 Å². The van der Waals surface area contributed by atoms with Crippen LogP contribution in [-0.4, -0.2) is 12.4 Å². The zero-order valence-electron chi connectivity index (χ0n) is 18.1. The summed E-state index contributed by atoms with van der Waals surface area (Å²) in [7, 11) is 0. The molecule has 0 radical (unpaired) electrons. The third-order valence-corrected chi connectivity index (χ3v) is 7.75. The van der Waals surface area contributed by atoms with Crippen LogP contribution in [0.25, 0.3) is 5.57 Å². The number of hydrogen-bond donors (Lipinski definition) is 0. The lowest BCUT2D eigenvalue weighted by Gasteiger charge is -2.43. The van der Waals surface area contributed by atoms with E-state index < -0.39 is 0 Å². The van der Waals surface area contributed by atoms with Gasteiger partial charge in [-0.25, -0.2) is 0 Å². The molecule has 0 amide bonds. The summed E-state index contributed by atoms with van der Waals surface area (Å²) in [6.45, 7) is 2.92. The fourth-order valence-electron chi connectivity index (χ4n) is 6.27. The second-order valence-corrected chi connectivity index (χ2v) is 9.33. The molecule has 3 aliphatic rings. The van der Waals surface area contributed by atoms with E-state index in [0.29, 0.717) is 11.7 Å². The number of Topliss-reactive ketones (excluding diaryl/α,β-unsaturated/α-hetero) is 1. The second-order valence-electron chi connectivity index (χ2n) is 9.33. The van der Waals surface area contributed by atoms with Gasteiger partial charge in [-0.2, -0.15) is 0 Å². The molecular formula is C28H32O2. The van der Waals surface area contributed by atoms with Crippen molar-refractivity contribution in [2.75, 3.05) is 6.61 Å². The highest BCUT2D eigenvalue weighted by molar-refractivity contribution is 5.90.